The number of hydrogen-bond donors (Lipinski definition) is 0. The van der Waals surface area contributed by atoms with E-state index in [4.69, 9.17) is 14.2 Å². The van der Waals surface area contributed by atoms with Gasteiger partial charge in [-0.3, -0.25) is 4.79 Å². The third kappa shape index (κ3) is 11.3. The van der Waals surface area contributed by atoms with Gasteiger partial charge in [0.2, 0.25) is 0 Å². The Balaban J connectivity index is 3.16. The first kappa shape index (κ1) is 14.4. The lowest BCUT2D eigenvalue weighted by Gasteiger charge is -2.19. The number of carbonyl (C=O) groups excluding carboxylic acids is 1. The van der Waals surface area contributed by atoms with Crippen LogP contribution in [0.1, 0.15) is 34.1 Å². The summed E-state index contributed by atoms with van der Waals surface area (Å²) in [7, 11) is 0. The predicted molar refractivity (Wildman–Crippen MR) is 57.8 cm³/mol. The van der Waals surface area contributed by atoms with E-state index in [2.05, 4.69) is 0 Å². The van der Waals surface area contributed by atoms with Crippen molar-refractivity contribution < 1.29 is 19.0 Å². The van der Waals surface area contributed by atoms with Crippen molar-refractivity contribution in [2.45, 2.75) is 39.7 Å². The van der Waals surface area contributed by atoms with Crippen LogP contribution in [-0.2, 0) is 19.0 Å². The van der Waals surface area contributed by atoms with Crippen molar-refractivity contribution in [3.63, 3.8) is 0 Å². The highest BCUT2D eigenvalue weighted by atomic mass is 16.6. The summed E-state index contributed by atoms with van der Waals surface area (Å²) >= 11 is 0. The van der Waals surface area contributed by atoms with Gasteiger partial charge in [-0.2, -0.15) is 0 Å². The predicted octanol–water partition coefficient (Wildman–Crippen LogP) is 1.77. The molecule has 0 atom stereocenters. The average Bonchev–Trinajstić information content (AvgIpc) is 2.14. The summed E-state index contributed by atoms with van der Waals surface area (Å²) in [6.07, 6.45) is 0.410. The van der Waals surface area contributed by atoms with Gasteiger partial charge in [0, 0.05) is 6.42 Å². The van der Waals surface area contributed by atoms with Crippen LogP contribution in [0, 0.1) is 0 Å². The highest BCUT2D eigenvalue weighted by molar-refractivity contribution is 5.68. The molecule has 0 aromatic rings. The number of hydrogen-bond acceptors (Lipinski definition) is 4. The highest BCUT2D eigenvalue weighted by Crippen LogP contribution is 2.05. The summed E-state index contributed by atoms with van der Waals surface area (Å²) in [5.74, 6) is -0.190. The van der Waals surface area contributed by atoms with Crippen molar-refractivity contribution in [1.82, 2.24) is 0 Å². The molecule has 4 nitrogen and oxygen atoms in total. The van der Waals surface area contributed by atoms with Crippen LogP contribution in [0.2, 0.25) is 0 Å². The molecular formula is C11H22O4. The van der Waals surface area contributed by atoms with Gasteiger partial charge < -0.3 is 14.2 Å². The maximum Gasteiger partial charge on any atom is 0.305 e. The SMILES string of the molecule is CCC(=O)OCCOCCOC(C)(C)C. The number of carbonyl (C=O) groups is 1. The van der Waals surface area contributed by atoms with Crippen molar-refractivity contribution in [1.29, 1.82) is 0 Å². The van der Waals surface area contributed by atoms with Crippen LogP contribution in [0.5, 0.6) is 0 Å². The fourth-order valence-corrected chi connectivity index (χ4v) is 0.825. The topological polar surface area (TPSA) is 44.8 Å². The van der Waals surface area contributed by atoms with Crippen molar-refractivity contribution in [3.8, 4) is 0 Å². The molecule has 0 aliphatic carbocycles. The van der Waals surface area contributed by atoms with E-state index in [9.17, 15) is 4.79 Å². The van der Waals surface area contributed by atoms with Gasteiger partial charge in [0.1, 0.15) is 6.61 Å². The molecule has 0 saturated heterocycles. The monoisotopic (exact) mass is 218 g/mol. The minimum absolute atomic E-state index is 0.127. The van der Waals surface area contributed by atoms with Crippen LogP contribution in [0.3, 0.4) is 0 Å². The smallest absolute Gasteiger partial charge is 0.305 e. The van der Waals surface area contributed by atoms with Crippen LogP contribution in [-0.4, -0.2) is 38.0 Å². The summed E-state index contributed by atoms with van der Waals surface area (Å²) in [6, 6.07) is 0. The fraction of sp³-hybridized carbons (Fsp3) is 0.909. The van der Waals surface area contributed by atoms with E-state index in [0.717, 1.165) is 0 Å². The van der Waals surface area contributed by atoms with Gasteiger partial charge in [-0.25, -0.2) is 0 Å². The van der Waals surface area contributed by atoms with Crippen molar-refractivity contribution >= 4 is 5.97 Å². The molecule has 0 rings (SSSR count). The molecule has 0 aliphatic heterocycles. The minimum atomic E-state index is -0.190. The molecule has 0 aliphatic rings. The number of ether oxygens (including phenoxy) is 3. The van der Waals surface area contributed by atoms with E-state index >= 15 is 0 Å². The van der Waals surface area contributed by atoms with E-state index in [1.165, 1.54) is 0 Å². The Hall–Kier alpha value is -0.610. The third-order valence-electron chi connectivity index (χ3n) is 1.54. The zero-order valence-corrected chi connectivity index (χ0v) is 10.2. The van der Waals surface area contributed by atoms with Crippen LogP contribution in [0.4, 0.5) is 0 Å². The van der Waals surface area contributed by atoms with Crippen LogP contribution >= 0.6 is 0 Å². The molecule has 4 heteroatoms. The van der Waals surface area contributed by atoms with Gasteiger partial charge >= 0.3 is 5.97 Å². The van der Waals surface area contributed by atoms with Crippen molar-refractivity contribution in [3.05, 3.63) is 0 Å². The summed E-state index contributed by atoms with van der Waals surface area (Å²) < 4.78 is 15.5. The van der Waals surface area contributed by atoms with Crippen LogP contribution < -0.4 is 0 Å². The Labute approximate surface area is 91.9 Å². The molecule has 0 spiro atoms. The molecule has 0 unspecified atom stereocenters. The molecule has 0 fully saturated rings. The van der Waals surface area contributed by atoms with Crippen molar-refractivity contribution in [2.75, 3.05) is 26.4 Å². The molecule has 0 saturated carbocycles. The van der Waals surface area contributed by atoms with Crippen LogP contribution in [0.15, 0.2) is 0 Å². The third-order valence-corrected chi connectivity index (χ3v) is 1.54. The standard InChI is InChI=1S/C11H22O4/c1-5-10(12)14-8-6-13-7-9-15-11(2,3)4/h5-9H2,1-4H3. The highest BCUT2D eigenvalue weighted by Gasteiger charge is 2.08. The van der Waals surface area contributed by atoms with Crippen molar-refractivity contribution in [2.24, 2.45) is 0 Å². The Morgan fingerprint density at radius 3 is 2.20 bits per heavy atom. The molecule has 0 radical (unpaired) electrons. The van der Waals surface area contributed by atoms with Gasteiger partial charge in [0.15, 0.2) is 0 Å². The molecular weight excluding hydrogens is 196 g/mol. The molecule has 90 valence electrons. The lowest BCUT2D eigenvalue weighted by Crippen LogP contribution is -2.22. The van der Waals surface area contributed by atoms with E-state index < -0.39 is 0 Å². The number of rotatable bonds is 7. The van der Waals surface area contributed by atoms with E-state index in [-0.39, 0.29) is 11.6 Å². The maximum atomic E-state index is 10.7. The maximum absolute atomic E-state index is 10.7. The molecule has 15 heavy (non-hydrogen) atoms. The largest absolute Gasteiger partial charge is 0.463 e. The lowest BCUT2D eigenvalue weighted by atomic mass is 10.2. The summed E-state index contributed by atoms with van der Waals surface area (Å²) in [5, 5.41) is 0. The quantitative estimate of drug-likeness (QED) is 0.482. The molecule has 0 amide bonds. The molecule has 0 aromatic heterocycles. The average molecular weight is 218 g/mol. The molecule has 0 N–H and O–H groups in total. The zero-order valence-electron chi connectivity index (χ0n) is 10.2. The first-order valence-electron chi connectivity index (χ1n) is 5.33. The van der Waals surface area contributed by atoms with E-state index in [1.807, 2.05) is 20.8 Å². The van der Waals surface area contributed by atoms with Gasteiger partial charge in [0.05, 0.1) is 25.4 Å². The Bertz CT molecular complexity index is 172. The second kappa shape index (κ2) is 7.65. The Kier molecular flexibility index (Phi) is 7.34. The number of esters is 1. The van der Waals surface area contributed by atoms with Gasteiger partial charge in [-0.05, 0) is 20.8 Å². The molecule has 0 bridgehead atoms. The first-order valence-corrected chi connectivity index (χ1v) is 5.33. The lowest BCUT2D eigenvalue weighted by molar-refractivity contribution is -0.145. The Morgan fingerprint density at radius 1 is 1.07 bits per heavy atom. The summed E-state index contributed by atoms with van der Waals surface area (Å²) in [5.41, 5.74) is -0.127. The second-order valence-corrected chi connectivity index (χ2v) is 4.15. The fourth-order valence-electron chi connectivity index (χ4n) is 0.825. The van der Waals surface area contributed by atoms with E-state index in [1.54, 1.807) is 6.92 Å². The summed E-state index contributed by atoms with van der Waals surface area (Å²) in [4.78, 5) is 10.7. The van der Waals surface area contributed by atoms with Gasteiger partial charge in [-0.15, -0.1) is 0 Å². The van der Waals surface area contributed by atoms with Gasteiger partial charge in [-0.1, -0.05) is 6.92 Å². The zero-order chi connectivity index (χ0) is 11.7. The first-order chi connectivity index (χ1) is 6.95. The second-order valence-electron chi connectivity index (χ2n) is 4.15. The van der Waals surface area contributed by atoms with Gasteiger partial charge in [0.25, 0.3) is 0 Å². The molecule has 0 aromatic carbocycles. The Morgan fingerprint density at radius 2 is 1.67 bits per heavy atom. The van der Waals surface area contributed by atoms with E-state index in [0.29, 0.717) is 32.8 Å². The van der Waals surface area contributed by atoms with Crippen LogP contribution in [0.25, 0.3) is 0 Å². The minimum Gasteiger partial charge on any atom is -0.463 e. The normalized spacial score (nSPS) is 11.5. The summed E-state index contributed by atoms with van der Waals surface area (Å²) in [6.45, 7) is 9.59. The molecule has 0 heterocycles.